The number of benzene rings is 1. The molecule has 0 saturated carbocycles. The molecular weight excluding hydrogens is 262 g/mol. The van der Waals surface area contributed by atoms with Crippen LogP contribution in [0.15, 0.2) is 24.4 Å². The van der Waals surface area contributed by atoms with Crippen molar-refractivity contribution in [3.05, 3.63) is 52.6 Å². The van der Waals surface area contributed by atoms with Crippen LogP contribution < -0.4 is 5.32 Å². The van der Waals surface area contributed by atoms with Gasteiger partial charge in [0, 0.05) is 17.8 Å². The maximum atomic E-state index is 12.4. The van der Waals surface area contributed by atoms with Gasteiger partial charge in [-0.1, -0.05) is 31.5 Å². The molecule has 0 fully saturated rings. The Kier molecular flexibility index (Phi) is 4.36. The summed E-state index contributed by atoms with van der Waals surface area (Å²) in [5.41, 5.74) is 4.25. The first-order valence-corrected chi connectivity index (χ1v) is 7.10. The molecule has 1 N–H and O–H groups in total. The van der Waals surface area contributed by atoms with E-state index in [4.69, 9.17) is 0 Å². The van der Waals surface area contributed by atoms with Crippen LogP contribution in [0.1, 0.15) is 52.8 Å². The van der Waals surface area contributed by atoms with Crippen molar-refractivity contribution >= 4 is 11.6 Å². The minimum absolute atomic E-state index is 0.172. The number of hydrogen-bond acceptors (Lipinski definition) is 3. The van der Waals surface area contributed by atoms with Gasteiger partial charge in [0.25, 0.3) is 5.91 Å². The molecule has 110 valence electrons. The monoisotopic (exact) mass is 283 g/mol. The molecule has 0 atom stereocenters. The van der Waals surface area contributed by atoms with Crippen LogP contribution in [0, 0.1) is 20.8 Å². The van der Waals surface area contributed by atoms with Crippen LogP contribution in [0.25, 0.3) is 0 Å². The summed E-state index contributed by atoms with van der Waals surface area (Å²) in [5, 5.41) is 2.92. The number of amides is 1. The predicted molar refractivity (Wildman–Crippen MR) is 84.7 cm³/mol. The number of carbonyl (C=O) groups excluding carboxylic acids is 1. The van der Waals surface area contributed by atoms with Crippen LogP contribution in [-0.2, 0) is 0 Å². The van der Waals surface area contributed by atoms with E-state index in [0.29, 0.717) is 11.3 Å². The molecule has 2 rings (SSSR count). The summed E-state index contributed by atoms with van der Waals surface area (Å²) in [7, 11) is 0. The molecule has 1 heterocycles. The van der Waals surface area contributed by atoms with Gasteiger partial charge in [-0.25, -0.2) is 9.97 Å². The molecule has 0 aliphatic carbocycles. The van der Waals surface area contributed by atoms with Crippen LogP contribution in [0.2, 0.25) is 0 Å². The summed E-state index contributed by atoms with van der Waals surface area (Å²) in [5.74, 6) is 0.838. The lowest BCUT2D eigenvalue weighted by Crippen LogP contribution is -2.16. The third-order valence-corrected chi connectivity index (χ3v) is 3.39. The molecule has 0 aliphatic heterocycles. The second-order valence-electron chi connectivity index (χ2n) is 5.65. The molecule has 0 bridgehead atoms. The molecular formula is C17H21N3O. The third kappa shape index (κ3) is 3.45. The van der Waals surface area contributed by atoms with Gasteiger partial charge in [0.1, 0.15) is 5.82 Å². The van der Waals surface area contributed by atoms with Gasteiger partial charge >= 0.3 is 0 Å². The highest BCUT2D eigenvalue weighted by Crippen LogP contribution is 2.18. The van der Waals surface area contributed by atoms with Crippen molar-refractivity contribution in [2.24, 2.45) is 0 Å². The summed E-state index contributed by atoms with van der Waals surface area (Å²) in [6.45, 7) is 9.91. The summed E-state index contributed by atoms with van der Waals surface area (Å²) in [6, 6.07) is 5.94. The molecule has 2 aromatic rings. The van der Waals surface area contributed by atoms with E-state index in [-0.39, 0.29) is 11.8 Å². The first-order chi connectivity index (χ1) is 9.88. The van der Waals surface area contributed by atoms with E-state index in [2.05, 4.69) is 15.3 Å². The van der Waals surface area contributed by atoms with Gasteiger partial charge in [0.05, 0.1) is 11.3 Å². The van der Waals surface area contributed by atoms with Crippen molar-refractivity contribution in [3.8, 4) is 0 Å². The van der Waals surface area contributed by atoms with Crippen LogP contribution in [0.5, 0.6) is 0 Å². The van der Waals surface area contributed by atoms with Gasteiger partial charge in [-0.15, -0.1) is 0 Å². The molecule has 0 spiro atoms. The average Bonchev–Trinajstić information content (AvgIpc) is 2.41. The molecule has 1 amide bonds. The van der Waals surface area contributed by atoms with Crippen LogP contribution >= 0.6 is 0 Å². The molecule has 0 unspecified atom stereocenters. The molecule has 0 aliphatic rings. The van der Waals surface area contributed by atoms with Crippen molar-refractivity contribution in [3.63, 3.8) is 0 Å². The summed E-state index contributed by atoms with van der Waals surface area (Å²) >= 11 is 0. The maximum absolute atomic E-state index is 12.4. The molecule has 4 heteroatoms. The average molecular weight is 283 g/mol. The van der Waals surface area contributed by atoms with E-state index in [1.54, 1.807) is 6.20 Å². The second kappa shape index (κ2) is 6.04. The molecule has 1 aromatic carbocycles. The molecule has 0 saturated heterocycles. The fraction of sp³-hybridized carbons (Fsp3) is 0.353. The predicted octanol–water partition coefficient (Wildman–Crippen LogP) is 3.78. The number of rotatable bonds is 3. The zero-order valence-corrected chi connectivity index (χ0v) is 13.2. The Morgan fingerprint density at radius 1 is 1.19 bits per heavy atom. The van der Waals surface area contributed by atoms with Crippen LogP contribution in [0.4, 0.5) is 5.69 Å². The van der Waals surface area contributed by atoms with Crippen molar-refractivity contribution < 1.29 is 4.79 Å². The number of aromatic nitrogens is 2. The Bertz CT molecular complexity index is 678. The minimum Gasteiger partial charge on any atom is -0.322 e. The van der Waals surface area contributed by atoms with Crippen molar-refractivity contribution in [2.75, 3.05) is 5.32 Å². The van der Waals surface area contributed by atoms with Crippen molar-refractivity contribution in [1.29, 1.82) is 0 Å². The fourth-order valence-corrected chi connectivity index (χ4v) is 2.13. The third-order valence-electron chi connectivity index (χ3n) is 3.39. The SMILES string of the molecule is Cc1ccc(NC(=O)c2cnc(C(C)C)nc2C)c(C)c1. The zero-order chi connectivity index (χ0) is 15.6. The number of anilines is 1. The quantitative estimate of drug-likeness (QED) is 0.932. The lowest BCUT2D eigenvalue weighted by Gasteiger charge is -2.11. The largest absolute Gasteiger partial charge is 0.322 e. The summed E-state index contributed by atoms with van der Waals surface area (Å²) < 4.78 is 0. The van der Waals surface area contributed by atoms with Gasteiger partial charge in [-0.05, 0) is 32.4 Å². The topological polar surface area (TPSA) is 54.9 Å². The maximum Gasteiger partial charge on any atom is 0.259 e. The van der Waals surface area contributed by atoms with E-state index in [0.717, 1.165) is 17.1 Å². The van der Waals surface area contributed by atoms with Gasteiger partial charge in [0.15, 0.2) is 0 Å². The Labute approximate surface area is 125 Å². The van der Waals surface area contributed by atoms with E-state index in [1.807, 2.05) is 52.8 Å². The van der Waals surface area contributed by atoms with Crippen LogP contribution in [-0.4, -0.2) is 15.9 Å². The number of aryl methyl sites for hydroxylation is 3. The van der Waals surface area contributed by atoms with Crippen molar-refractivity contribution in [2.45, 2.75) is 40.5 Å². The first-order valence-electron chi connectivity index (χ1n) is 7.10. The fourth-order valence-electron chi connectivity index (χ4n) is 2.13. The van der Waals surface area contributed by atoms with E-state index < -0.39 is 0 Å². The Morgan fingerprint density at radius 2 is 1.90 bits per heavy atom. The van der Waals surface area contributed by atoms with E-state index in [1.165, 1.54) is 5.56 Å². The van der Waals surface area contributed by atoms with Gasteiger partial charge in [-0.3, -0.25) is 4.79 Å². The highest BCUT2D eigenvalue weighted by atomic mass is 16.1. The molecule has 21 heavy (non-hydrogen) atoms. The number of carbonyl (C=O) groups is 1. The Balaban J connectivity index is 2.24. The number of hydrogen-bond donors (Lipinski definition) is 1. The second-order valence-corrected chi connectivity index (χ2v) is 5.65. The smallest absolute Gasteiger partial charge is 0.259 e. The van der Waals surface area contributed by atoms with Crippen LogP contribution in [0.3, 0.4) is 0 Å². The van der Waals surface area contributed by atoms with E-state index >= 15 is 0 Å². The summed E-state index contributed by atoms with van der Waals surface area (Å²) in [6.07, 6.45) is 1.61. The minimum atomic E-state index is -0.172. The standard InChI is InChI=1S/C17H21N3O/c1-10(2)16-18-9-14(13(5)19-16)17(21)20-15-7-6-11(3)8-12(15)4/h6-10H,1-5H3,(H,20,21). The number of nitrogens with zero attached hydrogens (tertiary/aromatic N) is 2. The highest BCUT2D eigenvalue weighted by Gasteiger charge is 2.14. The molecule has 4 nitrogen and oxygen atoms in total. The Hall–Kier alpha value is -2.23. The molecule has 0 radical (unpaired) electrons. The Morgan fingerprint density at radius 3 is 2.48 bits per heavy atom. The first kappa shape index (κ1) is 15.2. The van der Waals surface area contributed by atoms with Gasteiger partial charge in [-0.2, -0.15) is 0 Å². The van der Waals surface area contributed by atoms with E-state index in [9.17, 15) is 4.79 Å². The van der Waals surface area contributed by atoms with Gasteiger partial charge < -0.3 is 5.32 Å². The number of nitrogens with one attached hydrogen (secondary N) is 1. The lowest BCUT2D eigenvalue weighted by molar-refractivity contribution is 0.102. The normalized spacial score (nSPS) is 10.8. The summed E-state index contributed by atoms with van der Waals surface area (Å²) in [4.78, 5) is 21.0. The van der Waals surface area contributed by atoms with Gasteiger partial charge in [0.2, 0.25) is 0 Å². The molecule has 1 aromatic heterocycles. The van der Waals surface area contributed by atoms with Crippen molar-refractivity contribution in [1.82, 2.24) is 9.97 Å². The lowest BCUT2D eigenvalue weighted by atomic mass is 10.1. The zero-order valence-electron chi connectivity index (χ0n) is 13.2. The highest BCUT2D eigenvalue weighted by molar-refractivity contribution is 6.05.